The molecule has 1 rings (SSSR count). The van der Waals surface area contributed by atoms with Crippen LogP contribution in [0.1, 0.15) is 56.2 Å². The number of rotatable bonds is 8. The van der Waals surface area contributed by atoms with Crippen LogP contribution in [0.15, 0.2) is 16.7 Å². The van der Waals surface area contributed by atoms with E-state index >= 15 is 0 Å². The molecular formula is C14H25N3O2. The summed E-state index contributed by atoms with van der Waals surface area (Å²) < 4.78 is 5.43. The SMILES string of the molecule is CCCCN(Cc1cc(C(=O)NN)co1)C(C)CC. The first-order valence-electron chi connectivity index (χ1n) is 6.94. The van der Waals surface area contributed by atoms with E-state index in [1.165, 1.54) is 19.1 Å². The number of hydrogen-bond donors (Lipinski definition) is 2. The summed E-state index contributed by atoms with van der Waals surface area (Å²) in [4.78, 5) is 13.7. The number of carbonyl (C=O) groups excluding carboxylic acids is 1. The zero-order chi connectivity index (χ0) is 14.3. The molecule has 0 aliphatic rings. The summed E-state index contributed by atoms with van der Waals surface area (Å²) in [7, 11) is 0. The molecule has 0 fully saturated rings. The third-order valence-electron chi connectivity index (χ3n) is 3.42. The van der Waals surface area contributed by atoms with Gasteiger partial charge in [-0.15, -0.1) is 0 Å². The fourth-order valence-electron chi connectivity index (χ4n) is 1.94. The monoisotopic (exact) mass is 267 g/mol. The highest BCUT2D eigenvalue weighted by Crippen LogP contribution is 2.14. The third-order valence-corrected chi connectivity index (χ3v) is 3.42. The van der Waals surface area contributed by atoms with E-state index in [4.69, 9.17) is 10.3 Å². The molecule has 1 unspecified atom stereocenters. The second kappa shape index (κ2) is 7.96. The molecule has 0 saturated carbocycles. The van der Waals surface area contributed by atoms with Gasteiger partial charge in [0, 0.05) is 6.04 Å². The van der Waals surface area contributed by atoms with Crippen LogP contribution in [0, 0.1) is 0 Å². The van der Waals surface area contributed by atoms with Crippen molar-refractivity contribution in [1.29, 1.82) is 0 Å². The maximum Gasteiger partial charge on any atom is 0.268 e. The predicted molar refractivity (Wildman–Crippen MR) is 75.4 cm³/mol. The second-order valence-corrected chi connectivity index (χ2v) is 4.86. The van der Waals surface area contributed by atoms with Crippen LogP contribution >= 0.6 is 0 Å². The van der Waals surface area contributed by atoms with Crippen molar-refractivity contribution in [2.75, 3.05) is 6.54 Å². The van der Waals surface area contributed by atoms with E-state index in [1.54, 1.807) is 6.07 Å². The van der Waals surface area contributed by atoms with Crippen molar-refractivity contribution < 1.29 is 9.21 Å². The maximum absolute atomic E-state index is 11.4. The zero-order valence-corrected chi connectivity index (χ0v) is 12.1. The second-order valence-electron chi connectivity index (χ2n) is 4.86. The van der Waals surface area contributed by atoms with Gasteiger partial charge in [-0.2, -0.15) is 0 Å². The largest absolute Gasteiger partial charge is 0.467 e. The number of hydrazine groups is 1. The van der Waals surface area contributed by atoms with Gasteiger partial charge in [-0.05, 0) is 32.4 Å². The van der Waals surface area contributed by atoms with Crippen LogP contribution in [0.5, 0.6) is 0 Å². The van der Waals surface area contributed by atoms with Crippen LogP contribution in [0.25, 0.3) is 0 Å². The number of nitrogens with one attached hydrogen (secondary N) is 1. The van der Waals surface area contributed by atoms with Crippen molar-refractivity contribution in [2.45, 2.75) is 52.6 Å². The Morgan fingerprint density at radius 3 is 2.84 bits per heavy atom. The fourth-order valence-corrected chi connectivity index (χ4v) is 1.94. The van der Waals surface area contributed by atoms with E-state index in [-0.39, 0.29) is 5.91 Å². The molecule has 0 saturated heterocycles. The van der Waals surface area contributed by atoms with Crippen molar-refractivity contribution in [2.24, 2.45) is 5.84 Å². The average Bonchev–Trinajstić information content (AvgIpc) is 2.90. The van der Waals surface area contributed by atoms with Gasteiger partial charge in [0.05, 0.1) is 12.1 Å². The van der Waals surface area contributed by atoms with Crippen LogP contribution in [0.2, 0.25) is 0 Å². The highest BCUT2D eigenvalue weighted by Gasteiger charge is 2.15. The molecule has 5 heteroatoms. The lowest BCUT2D eigenvalue weighted by molar-refractivity contribution is 0.0953. The molecule has 3 N–H and O–H groups in total. The summed E-state index contributed by atoms with van der Waals surface area (Å²) in [5.74, 6) is 5.58. The lowest BCUT2D eigenvalue weighted by Crippen LogP contribution is -2.33. The Labute approximate surface area is 115 Å². The minimum absolute atomic E-state index is 0.321. The Bertz CT molecular complexity index is 390. The topological polar surface area (TPSA) is 71.5 Å². The van der Waals surface area contributed by atoms with Crippen LogP contribution in [-0.2, 0) is 6.54 Å². The normalized spacial score (nSPS) is 12.7. The number of furan rings is 1. The molecule has 0 aromatic carbocycles. The zero-order valence-electron chi connectivity index (χ0n) is 12.1. The first kappa shape index (κ1) is 15.7. The maximum atomic E-state index is 11.4. The molecule has 0 spiro atoms. The van der Waals surface area contributed by atoms with E-state index in [9.17, 15) is 4.79 Å². The predicted octanol–water partition coefficient (Wildman–Crippen LogP) is 2.28. The van der Waals surface area contributed by atoms with Crippen molar-refractivity contribution in [3.05, 3.63) is 23.7 Å². The molecule has 5 nitrogen and oxygen atoms in total. The van der Waals surface area contributed by atoms with Gasteiger partial charge in [0.15, 0.2) is 0 Å². The summed E-state index contributed by atoms with van der Waals surface area (Å²) >= 11 is 0. The van der Waals surface area contributed by atoms with Gasteiger partial charge in [0.2, 0.25) is 0 Å². The Balaban J connectivity index is 2.67. The van der Waals surface area contributed by atoms with Gasteiger partial charge in [0.1, 0.15) is 12.0 Å². The fraction of sp³-hybridized carbons (Fsp3) is 0.643. The van der Waals surface area contributed by atoms with Gasteiger partial charge in [-0.25, -0.2) is 5.84 Å². The van der Waals surface area contributed by atoms with Gasteiger partial charge >= 0.3 is 0 Å². The number of nitrogens with two attached hydrogens (primary N) is 1. The Morgan fingerprint density at radius 1 is 1.53 bits per heavy atom. The molecule has 1 atom stereocenters. The van der Waals surface area contributed by atoms with Gasteiger partial charge in [-0.3, -0.25) is 15.1 Å². The quantitative estimate of drug-likeness (QED) is 0.430. The van der Waals surface area contributed by atoms with Gasteiger partial charge < -0.3 is 4.42 Å². The van der Waals surface area contributed by atoms with Crippen molar-refractivity contribution >= 4 is 5.91 Å². The summed E-state index contributed by atoms with van der Waals surface area (Å²) in [6.07, 6.45) is 4.89. The summed E-state index contributed by atoms with van der Waals surface area (Å²) in [5, 5.41) is 0. The Hall–Kier alpha value is -1.33. The number of nitrogens with zero attached hydrogens (tertiary/aromatic N) is 1. The molecule has 1 aromatic heterocycles. The minimum atomic E-state index is -0.321. The van der Waals surface area contributed by atoms with Crippen LogP contribution in [-0.4, -0.2) is 23.4 Å². The van der Waals surface area contributed by atoms with Crippen LogP contribution in [0.3, 0.4) is 0 Å². The van der Waals surface area contributed by atoms with Crippen LogP contribution < -0.4 is 11.3 Å². The minimum Gasteiger partial charge on any atom is -0.467 e. The number of carbonyl (C=O) groups is 1. The van der Waals surface area contributed by atoms with Gasteiger partial charge in [0.25, 0.3) is 5.91 Å². The molecule has 1 amide bonds. The standard InChI is InChI=1S/C14H25N3O2/c1-4-6-7-17(11(3)5-2)9-13-8-12(10-19-13)14(18)16-15/h8,10-11H,4-7,9,15H2,1-3H3,(H,16,18). The first-order chi connectivity index (χ1) is 9.12. The Kier molecular flexibility index (Phi) is 6.59. The summed E-state index contributed by atoms with van der Waals surface area (Å²) in [6, 6.07) is 2.26. The third kappa shape index (κ3) is 4.69. The smallest absolute Gasteiger partial charge is 0.268 e. The van der Waals surface area contributed by atoms with E-state index in [1.807, 2.05) is 0 Å². The van der Waals surface area contributed by atoms with Crippen molar-refractivity contribution in [1.82, 2.24) is 10.3 Å². The number of amides is 1. The number of unbranched alkanes of at least 4 members (excludes halogenated alkanes) is 1. The molecule has 0 bridgehead atoms. The molecule has 1 aromatic rings. The van der Waals surface area contributed by atoms with Gasteiger partial charge in [-0.1, -0.05) is 20.3 Å². The lowest BCUT2D eigenvalue weighted by Gasteiger charge is -2.27. The molecular weight excluding hydrogens is 242 g/mol. The summed E-state index contributed by atoms with van der Waals surface area (Å²) in [5.41, 5.74) is 2.57. The van der Waals surface area contributed by atoms with Crippen molar-refractivity contribution in [3.8, 4) is 0 Å². The molecule has 1 heterocycles. The number of nitrogen functional groups attached to an aromatic ring is 1. The Morgan fingerprint density at radius 2 is 2.26 bits per heavy atom. The molecule has 0 aliphatic carbocycles. The molecule has 0 radical (unpaired) electrons. The molecule has 108 valence electrons. The molecule has 19 heavy (non-hydrogen) atoms. The van der Waals surface area contributed by atoms with E-state index in [2.05, 4.69) is 31.1 Å². The number of hydrogen-bond acceptors (Lipinski definition) is 4. The van der Waals surface area contributed by atoms with E-state index in [0.717, 1.165) is 25.3 Å². The average molecular weight is 267 g/mol. The van der Waals surface area contributed by atoms with Crippen LogP contribution in [0.4, 0.5) is 0 Å². The first-order valence-corrected chi connectivity index (χ1v) is 6.94. The van der Waals surface area contributed by atoms with E-state index in [0.29, 0.717) is 11.6 Å². The highest BCUT2D eigenvalue weighted by molar-refractivity contribution is 5.93. The highest BCUT2D eigenvalue weighted by atomic mass is 16.3. The van der Waals surface area contributed by atoms with E-state index < -0.39 is 0 Å². The lowest BCUT2D eigenvalue weighted by atomic mass is 10.2. The molecule has 0 aliphatic heterocycles. The van der Waals surface area contributed by atoms with Crippen molar-refractivity contribution in [3.63, 3.8) is 0 Å². The summed E-state index contributed by atoms with van der Waals surface area (Å²) in [6.45, 7) is 8.36.